The molecule has 0 saturated heterocycles. The largest absolute Gasteiger partial charge is 0.436 e. The average molecular weight is 556 g/mol. The van der Waals surface area contributed by atoms with E-state index in [1.165, 1.54) is 32.9 Å². The summed E-state index contributed by atoms with van der Waals surface area (Å²) in [5.74, 6) is 0.625. The third kappa shape index (κ3) is 4.36. The number of fused-ring (bicyclic) bond motifs is 4. The number of hydrogen-bond acceptors (Lipinski definition) is 3. The van der Waals surface area contributed by atoms with Crippen LogP contribution in [0.2, 0.25) is 0 Å². The number of nitrogens with zero attached hydrogens (tertiary/aromatic N) is 3. The van der Waals surface area contributed by atoms with Crippen LogP contribution in [0.1, 0.15) is 11.1 Å². The normalized spacial score (nSPS) is 11.5. The van der Waals surface area contributed by atoms with E-state index in [1.54, 1.807) is 0 Å². The minimum absolute atomic E-state index is 0.625. The van der Waals surface area contributed by atoms with Gasteiger partial charge < -0.3 is 13.9 Å². The van der Waals surface area contributed by atoms with Crippen molar-refractivity contribution in [3.8, 4) is 17.1 Å². The van der Waals surface area contributed by atoms with E-state index < -0.39 is 0 Å². The second kappa shape index (κ2) is 10.0. The molecule has 0 unspecified atom stereocenters. The number of oxazole rings is 1. The van der Waals surface area contributed by atoms with Crippen LogP contribution in [0.5, 0.6) is 0 Å². The average Bonchev–Trinajstić information content (AvgIpc) is 3.62. The third-order valence-electron chi connectivity index (χ3n) is 8.12. The summed E-state index contributed by atoms with van der Waals surface area (Å²) in [5, 5.41) is 2.57. The Hall–Kier alpha value is -5.61. The van der Waals surface area contributed by atoms with Crippen LogP contribution in [0.15, 0.2) is 144 Å². The van der Waals surface area contributed by atoms with Crippen LogP contribution in [0.25, 0.3) is 50.0 Å². The highest BCUT2D eigenvalue weighted by molar-refractivity contribution is 6.09. The van der Waals surface area contributed by atoms with Gasteiger partial charge in [0.2, 0.25) is 5.89 Å². The van der Waals surface area contributed by atoms with E-state index in [9.17, 15) is 0 Å². The second-order valence-corrected chi connectivity index (χ2v) is 11.1. The molecule has 0 atom stereocenters. The zero-order valence-electron chi connectivity index (χ0n) is 24.0. The first-order valence-electron chi connectivity index (χ1n) is 14.6. The standard InChI is InChI=1S/C39H29N3O/c1-26-12-22-36-33(24-26)34-25-27(2)13-23-37(34)42(36)32-20-18-31(19-21-32)41(29-8-4-3-5-9-29)30-16-14-28(15-17-30)39-40-35-10-6-7-11-38(35)43-39/h3-25H,1-2H3. The van der Waals surface area contributed by atoms with Crippen LogP contribution in [0, 0.1) is 13.8 Å². The van der Waals surface area contributed by atoms with Crippen molar-refractivity contribution in [1.29, 1.82) is 0 Å². The van der Waals surface area contributed by atoms with Crippen LogP contribution < -0.4 is 4.90 Å². The SMILES string of the molecule is Cc1ccc2c(c1)c1cc(C)ccc1n2-c1ccc(N(c2ccccc2)c2ccc(-c3nc4ccccc4o3)cc2)cc1. The van der Waals surface area contributed by atoms with E-state index >= 15 is 0 Å². The van der Waals surface area contributed by atoms with Crippen LogP contribution >= 0.6 is 0 Å². The predicted molar refractivity (Wildman–Crippen MR) is 178 cm³/mol. The van der Waals surface area contributed by atoms with Crippen molar-refractivity contribution in [2.75, 3.05) is 4.90 Å². The van der Waals surface area contributed by atoms with Crippen LogP contribution in [0.3, 0.4) is 0 Å². The van der Waals surface area contributed by atoms with E-state index in [0.29, 0.717) is 5.89 Å². The maximum atomic E-state index is 6.02. The molecule has 6 aromatic carbocycles. The molecule has 206 valence electrons. The molecule has 2 aromatic heterocycles. The van der Waals surface area contributed by atoms with Crippen molar-refractivity contribution in [3.05, 3.63) is 151 Å². The molecule has 0 spiro atoms. The van der Waals surface area contributed by atoms with Crippen molar-refractivity contribution in [2.24, 2.45) is 0 Å². The lowest BCUT2D eigenvalue weighted by atomic mass is 10.1. The molecule has 8 aromatic rings. The Bertz CT molecular complexity index is 2150. The predicted octanol–water partition coefficient (Wildman–Crippen LogP) is 10.7. The Balaban J connectivity index is 1.21. The van der Waals surface area contributed by atoms with Gasteiger partial charge >= 0.3 is 0 Å². The van der Waals surface area contributed by atoms with Gasteiger partial charge in [0.25, 0.3) is 0 Å². The number of anilines is 3. The molecule has 0 fully saturated rings. The molecule has 0 aliphatic rings. The Morgan fingerprint density at radius 3 is 1.74 bits per heavy atom. The highest BCUT2D eigenvalue weighted by Crippen LogP contribution is 2.38. The van der Waals surface area contributed by atoms with E-state index in [2.05, 4.69) is 137 Å². The van der Waals surface area contributed by atoms with E-state index in [0.717, 1.165) is 39.4 Å². The van der Waals surface area contributed by atoms with Gasteiger partial charge in [-0.3, -0.25) is 0 Å². The second-order valence-electron chi connectivity index (χ2n) is 11.1. The number of rotatable bonds is 5. The van der Waals surface area contributed by atoms with Gasteiger partial charge in [-0.1, -0.05) is 53.6 Å². The van der Waals surface area contributed by atoms with Gasteiger partial charge in [-0.15, -0.1) is 0 Å². The van der Waals surface area contributed by atoms with E-state index in [-0.39, 0.29) is 0 Å². The van der Waals surface area contributed by atoms with Gasteiger partial charge in [0.15, 0.2) is 5.58 Å². The molecule has 4 heteroatoms. The highest BCUT2D eigenvalue weighted by atomic mass is 16.3. The van der Waals surface area contributed by atoms with Gasteiger partial charge in [-0.2, -0.15) is 0 Å². The number of para-hydroxylation sites is 3. The van der Waals surface area contributed by atoms with Crippen molar-refractivity contribution in [3.63, 3.8) is 0 Å². The van der Waals surface area contributed by atoms with E-state index in [4.69, 9.17) is 4.42 Å². The van der Waals surface area contributed by atoms with Crippen molar-refractivity contribution < 1.29 is 4.42 Å². The first-order chi connectivity index (χ1) is 21.1. The van der Waals surface area contributed by atoms with E-state index in [1.807, 2.05) is 30.3 Å². The Kier molecular flexibility index (Phi) is 5.86. The monoisotopic (exact) mass is 555 g/mol. The number of aryl methyl sites for hydroxylation is 2. The molecule has 0 aliphatic carbocycles. The van der Waals surface area contributed by atoms with Crippen LogP contribution in [-0.2, 0) is 0 Å². The fourth-order valence-corrected chi connectivity index (χ4v) is 6.05. The topological polar surface area (TPSA) is 34.2 Å². The minimum Gasteiger partial charge on any atom is -0.436 e. The summed E-state index contributed by atoms with van der Waals surface area (Å²) < 4.78 is 8.39. The molecule has 4 nitrogen and oxygen atoms in total. The summed E-state index contributed by atoms with van der Waals surface area (Å²) in [6.07, 6.45) is 0. The molecule has 0 bridgehead atoms. The summed E-state index contributed by atoms with van der Waals surface area (Å²) in [7, 11) is 0. The van der Waals surface area contributed by atoms with Gasteiger partial charge in [-0.25, -0.2) is 4.98 Å². The first-order valence-corrected chi connectivity index (χ1v) is 14.6. The summed E-state index contributed by atoms with van der Waals surface area (Å²) in [6.45, 7) is 4.32. The van der Waals surface area contributed by atoms with Gasteiger partial charge in [0.05, 0.1) is 11.0 Å². The first kappa shape index (κ1) is 25.1. The lowest BCUT2D eigenvalue weighted by Crippen LogP contribution is -2.10. The molecular weight excluding hydrogens is 526 g/mol. The number of benzene rings is 6. The summed E-state index contributed by atoms with van der Waals surface area (Å²) in [5.41, 5.74) is 11.9. The Labute approximate surface area is 250 Å². The zero-order chi connectivity index (χ0) is 28.9. The van der Waals surface area contributed by atoms with Gasteiger partial charge in [0.1, 0.15) is 5.52 Å². The Morgan fingerprint density at radius 2 is 1.12 bits per heavy atom. The lowest BCUT2D eigenvalue weighted by molar-refractivity contribution is 0.620. The third-order valence-corrected chi connectivity index (χ3v) is 8.12. The quantitative estimate of drug-likeness (QED) is 0.212. The molecule has 0 radical (unpaired) electrons. The molecule has 0 N–H and O–H groups in total. The lowest BCUT2D eigenvalue weighted by Gasteiger charge is -2.26. The Morgan fingerprint density at radius 1 is 0.558 bits per heavy atom. The summed E-state index contributed by atoms with van der Waals surface area (Å²) in [4.78, 5) is 6.95. The molecular formula is C39H29N3O. The fourth-order valence-electron chi connectivity index (χ4n) is 6.05. The molecule has 0 amide bonds. The summed E-state index contributed by atoms with van der Waals surface area (Å²) in [6, 6.07) is 49.0. The fraction of sp³-hybridized carbons (Fsp3) is 0.0513. The van der Waals surface area contributed by atoms with Crippen molar-refractivity contribution in [1.82, 2.24) is 9.55 Å². The maximum absolute atomic E-state index is 6.02. The van der Waals surface area contributed by atoms with Crippen molar-refractivity contribution >= 4 is 50.0 Å². The number of aromatic nitrogens is 2. The van der Waals surface area contributed by atoms with Crippen LogP contribution in [0.4, 0.5) is 17.1 Å². The molecule has 8 rings (SSSR count). The molecule has 0 saturated carbocycles. The summed E-state index contributed by atoms with van der Waals surface area (Å²) >= 11 is 0. The molecule has 2 heterocycles. The van der Waals surface area contributed by atoms with Gasteiger partial charge in [-0.05, 0) is 111 Å². The smallest absolute Gasteiger partial charge is 0.227 e. The minimum atomic E-state index is 0.625. The number of hydrogen-bond donors (Lipinski definition) is 0. The zero-order valence-corrected chi connectivity index (χ0v) is 24.0. The molecule has 0 aliphatic heterocycles. The van der Waals surface area contributed by atoms with Gasteiger partial charge in [0, 0.05) is 39.1 Å². The van der Waals surface area contributed by atoms with Crippen molar-refractivity contribution in [2.45, 2.75) is 13.8 Å². The molecule has 43 heavy (non-hydrogen) atoms. The van der Waals surface area contributed by atoms with Crippen LogP contribution in [-0.4, -0.2) is 9.55 Å². The maximum Gasteiger partial charge on any atom is 0.227 e. The highest BCUT2D eigenvalue weighted by Gasteiger charge is 2.16.